The Hall–Kier alpha value is -1.69. The molecule has 1 aliphatic carbocycles. The first-order valence-electron chi connectivity index (χ1n) is 6.87. The zero-order valence-electron chi connectivity index (χ0n) is 11.2. The molecule has 1 heterocycles. The number of pyridine rings is 1. The number of hydrogen-bond acceptors (Lipinski definition) is 3. The van der Waals surface area contributed by atoms with E-state index in [2.05, 4.69) is 10.3 Å². The van der Waals surface area contributed by atoms with Crippen molar-refractivity contribution < 1.29 is 4.79 Å². The summed E-state index contributed by atoms with van der Waals surface area (Å²) in [5, 5.41) is 2.87. The summed E-state index contributed by atoms with van der Waals surface area (Å²) in [5.74, 6) is -0.00771. The Bertz CT molecular complexity index is 549. The van der Waals surface area contributed by atoms with Gasteiger partial charge in [0.05, 0.1) is 11.0 Å². The minimum atomic E-state index is -0.306. The van der Waals surface area contributed by atoms with Crippen LogP contribution in [0, 0.1) is 5.92 Å². The lowest BCUT2D eigenvalue weighted by Crippen LogP contribution is -2.48. The van der Waals surface area contributed by atoms with Gasteiger partial charge < -0.3 is 16.0 Å². The Balaban J connectivity index is 2.09. The van der Waals surface area contributed by atoms with E-state index < -0.39 is 0 Å². The Morgan fingerprint density at radius 1 is 1.40 bits per heavy atom. The molecule has 1 aliphatic rings. The molecule has 0 aliphatic heterocycles. The molecule has 1 fully saturated rings. The van der Waals surface area contributed by atoms with Gasteiger partial charge in [0.25, 0.3) is 5.91 Å². The second-order valence-electron chi connectivity index (χ2n) is 5.19. The smallest absolute Gasteiger partial charge is 0.252 e. The number of H-pyrrole nitrogens is 1. The van der Waals surface area contributed by atoms with Crippen molar-refractivity contribution in [2.75, 3.05) is 0 Å². The first kappa shape index (κ1) is 14.7. The molecule has 1 atom stereocenters. The predicted octanol–water partition coefficient (Wildman–Crippen LogP) is 1.34. The number of amides is 1. The number of thiocarbonyl (C=S) groups is 1. The number of carbonyl (C=O) groups is 1. The highest BCUT2D eigenvalue weighted by molar-refractivity contribution is 7.80. The van der Waals surface area contributed by atoms with Crippen molar-refractivity contribution in [2.24, 2.45) is 11.7 Å². The van der Waals surface area contributed by atoms with Crippen molar-refractivity contribution in [1.82, 2.24) is 10.3 Å². The summed E-state index contributed by atoms with van der Waals surface area (Å²) < 4.78 is 0. The van der Waals surface area contributed by atoms with Crippen LogP contribution in [0.3, 0.4) is 0 Å². The molecule has 0 radical (unpaired) electrons. The quantitative estimate of drug-likeness (QED) is 0.731. The Morgan fingerprint density at radius 3 is 2.70 bits per heavy atom. The average Bonchev–Trinajstić information content (AvgIpc) is 2.45. The molecular weight excluding hydrogens is 274 g/mol. The third-order valence-corrected chi connectivity index (χ3v) is 4.01. The molecular formula is C14H19N3O2S. The van der Waals surface area contributed by atoms with Gasteiger partial charge >= 0.3 is 0 Å². The van der Waals surface area contributed by atoms with Gasteiger partial charge in [-0.05, 0) is 24.8 Å². The van der Waals surface area contributed by atoms with Gasteiger partial charge in [-0.2, -0.15) is 0 Å². The van der Waals surface area contributed by atoms with Crippen LogP contribution in [0.5, 0.6) is 0 Å². The standard InChI is InChI=1S/C14H19N3O2S/c15-13(20)12(9-4-2-1-3-5-9)17-14(19)10-6-7-16-11(18)8-10/h6-9,12H,1-5H2,(H2,15,20)(H,16,18)(H,17,19). The topological polar surface area (TPSA) is 88.0 Å². The van der Waals surface area contributed by atoms with Crippen molar-refractivity contribution >= 4 is 23.1 Å². The number of rotatable bonds is 4. The Labute approximate surface area is 123 Å². The highest BCUT2D eigenvalue weighted by Crippen LogP contribution is 2.26. The second kappa shape index (κ2) is 6.65. The summed E-state index contributed by atoms with van der Waals surface area (Å²) in [5.41, 5.74) is 5.79. The highest BCUT2D eigenvalue weighted by Gasteiger charge is 2.27. The molecule has 0 aromatic carbocycles. The molecule has 1 aromatic heterocycles. The van der Waals surface area contributed by atoms with Crippen LogP contribution in [0.2, 0.25) is 0 Å². The van der Waals surface area contributed by atoms with Gasteiger partial charge in [-0.15, -0.1) is 0 Å². The average molecular weight is 293 g/mol. The van der Waals surface area contributed by atoms with Gasteiger partial charge in [0.15, 0.2) is 0 Å². The van der Waals surface area contributed by atoms with Gasteiger partial charge in [-0.25, -0.2) is 0 Å². The summed E-state index contributed by atoms with van der Waals surface area (Å²) in [6, 6.07) is 2.54. The molecule has 0 bridgehead atoms. The lowest BCUT2D eigenvalue weighted by molar-refractivity contribution is 0.0931. The molecule has 20 heavy (non-hydrogen) atoms. The molecule has 2 rings (SSSR count). The van der Waals surface area contributed by atoms with Crippen LogP contribution in [0.4, 0.5) is 0 Å². The molecule has 6 heteroatoms. The first-order chi connectivity index (χ1) is 9.58. The van der Waals surface area contributed by atoms with E-state index in [1.807, 2.05) is 0 Å². The molecule has 0 saturated heterocycles. The van der Waals surface area contributed by atoms with Crippen molar-refractivity contribution in [2.45, 2.75) is 38.1 Å². The number of nitrogens with two attached hydrogens (primary N) is 1. The third-order valence-electron chi connectivity index (χ3n) is 3.75. The zero-order valence-corrected chi connectivity index (χ0v) is 12.0. The molecule has 1 saturated carbocycles. The summed E-state index contributed by atoms with van der Waals surface area (Å²) in [7, 11) is 0. The molecule has 5 nitrogen and oxygen atoms in total. The van der Waals surface area contributed by atoms with E-state index in [9.17, 15) is 9.59 Å². The van der Waals surface area contributed by atoms with Crippen LogP contribution >= 0.6 is 12.2 Å². The lowest BCUT2D eigenvalue weighted by atomic mass is 9.83. The number of nitrogens with one attached hydrogen (secondary N) is 2. The van der Waals surface area contributed by atoms with Crippen LogP contribution in [-0.2, 0) is 0 Å². The van der Waals surface area contributed by atoms with E-state index >= 15 is 0 Å². The number of carbonyl (C=O) groups excluding carboxylic acids is 1. The van der Waals surface area contributed by atoms with Gasteiger partial charge in [-0.3, -0.25) is 9.59 Å². The predicted molar refractivity (Wildman–Crippen MR) is 81.7 cm³/mol. The van der Waals surface area contributed by atoms with Crippen LogP contribution in [0.15, 0.2) is 23.1 Å². The molecule has 1 unspecified atom stereocenters. The van der Waals surface area contributed by atoms with Crippen molar-refractivity contribution in [3.05, 3.63) is 34.2 Å². The fourth-order valence-corrected chi connectivity index (χ4v) is 2.95. The lowest BCUT2D eigenvalue weighted by Gasteiger charge is -2.30. The maximum absolute atomic E-state index is 12.2. The Kier molecular flexibility index (Phi) is 4.89. The van der Waals surface area contributed by atoms with E-state index in [4.69, 9.17) is 18.0 Å². The molecule has 4 N–H and O–H groups in total. The van der Waals surface area contributed by atoms with E-state index in [1.54, 1.807) is 6.07 Å². The zero-order chi connectivity index (χ0) is 14.5. The Morgan fingerprint density at radius 2 is 2.10 bits per heavy atom. The van der Waals surface area contributed by atoms with E-state index in [0.717, 1.165) is 25.7 Å². The van der Waals surface area contributed by atoms with Gasteiger partial charge in [0.2, 0.25) is 5.56 Å². The normalized spacial score (nSPS) is 17.4. The van der Waals surface area contributed by atoms with Gasteiger partial charge in [-0.1, -0.05) is 31.5 Å². The maximum atomic E-state index is 12.2. The first-order valence-corrected chi connectivity index (χ1v) is 7.27. The fraction of sp³-hybridized carbons (Fsp3) is 0.500. The molecule has 1 amide bonds. The monoisotopic (exact) mass is 293 g/mol. The highest BCUT2D eigenvalue weighted by atomic mass is 32.1. The van der Waals surface area contributed by atoms with Crippen LogP contribution in [0.25, 0.3) is 0 Å². The van der Waals surface area contributed by atoms with Gasteiger partial charge in [0.1, 0.15) is 0 Å². The van der Waals surface area contributed by atoms with Crippen molar-refractivity contribution in [3.63, 3.8) is 0 Å². The van der Waals surface area contributed by atoms with Crippen LogP contribution in [0.1, 0.15) is 42.5 Å². The minimum Gasteiger partial charge on any atom is -0.392 e. The summed E-state index contributed by atoms with van der Waals surface area (Å²) in [6.45, 7) is 0. The largest absolute Gasteiger partial charge is 0.392 e. The van der Waals surface area contributed by atoms with E-state index in [-0.39, 0.29) is 17.5 Å². The number of aromatic nitrogens is 1. The number of hydrogen-bond donors (Lipinski definition) is 3. The van der Waals surface area contributed by atoms with Crippen molar-refractivity contribution in [1.29, 1.82) is 0 Å². The summed E-state index contributed by atoms with van der Waals surface area (Å²) in [4.78, 5) is 26.2. The SMILES string of the molecule is NC(=S)C(NC(=O)c1cc[nH]c(=O)c1)C1CCCCC1. The summed E-state index contributed by atoms with van der Waals surface area (Å²) >= 11 is 5.09. The van der Waals surface area contributed by atoms with Crippen molar-refractivity contribution in [3.8, 4) is 0 Å². The maximum Gasteiger partial charge on any atom is 0.252 e. The fourth-order valence-electron chi connectivity index (χ4n) is 2.70. The molecule has 0 spiro atoms. The van der Waals surface area contributed by atoms with Crippen LogP contribution < -0.4 is 16.6 Å². The third kappa shape index (κ3) is 3.66. The van der Waals surface area contributed by atoms with Gasteiger partial charge in [0, 0.05) is 17.8 Å². The van der Waals surface area contributed by atoms with Crippen LogP contribution in [-0.4, -0.2) is 21.9 Å². The molecule has 1 aromatic rings. The second-order valence-corrected chi connectivity index (χ2v) is 5.66. The summed E-state index contributed by atoms with van der Waals surface area (Å²) in [6.07, 6.45) is 7.01. The number of aromatic amines is 1. The van der Waals surface area contributed by atoms with E-state index in [1.165, 1.54) is 18.7 Å². The minimum absolute atomic E-state index is 0.294. The molecule has 108 valence electrons. The van der Waals surface area contributed by atoms with E-state index in [0.29, 0.717) is 16.5 Å².